The summed E-state index contributed by atoms with van der Waals surface area (Å²) in [6, 6.07) is 7.54. The Kier molecular flexibility index (Phi) is 4.76. The molecule has 2 aliphatic heterocycles. The van der Waals surface area contributed by atoms with E-state index in [1.165, 1.54) is 0 Å². The first kappa shape index (κ1) is 17.8. The molecular weight excluding hydrogens is 316 g/mol. The van der Waals surface area contributed by atoms with Crippen LogP contribution in [0.3, 0.4) is 0 Å². The van der Waals surface area contributed by atoms with Crippen LogP contribution in [0.15, 0.2) is 24.3 Å². The number of ether oxygens (including phenoxy) is 1. The summed E-state index contributed by atoms with van der Waals surface area (Å²) < 4.78 is 5.46. The van der Waals surface area contributed by atoms with E-state index in [0.29, 0.717) is 5.56 Å². The molecule has 0 radical (unpaired) electrons. The summed E-state index contributed by atoms with van der Waals surface area (Å²) in [6.07, 6.45) is 3.96. The van der Waals surface area contributed by atoms with Crippen molar-refractivity contribution in [1.82, 2.24) is 5.32 Å². The van der Waals surface area contributed by atoms with E-state index in [9.17, 15) is 9.59 Å². The molecule has 1 unspecified atom stereocenters. The number of carbonyl (C=O) groups excluding carboxylic acids is 2. The average molecular weight is 344 g/mol. The molecule has 1 atom stereocenters. The molecule has 0 saturated carbocycles. The second-order valence-corrected chi connectivity index (χ2v) is 8.22. The minimum absolute atomic E-state index is 0.191. The highest BCUT2D eigenvalue weighted by Gasteiger charge is 2.44. The first-order valence-electron chi connectivity index (χ1n) is 9.16. The Morgan fingerprint density at radius 1 is 1.24 bits per heavy atom. The monoisotopic (exact) mass is 344 g/mol. The van der Waals surface area contributed by atoms with Crippen LogP contribution in [0.2, 0.25) is 0 Å². The molecule has 0 bridgehead atoms. The van der Waals surface area contributed by atoms with E-state index in [1.807, 2.05) is 39.0 Å². The predicted octanol–water partition coefficient (Wildman–Crippen LogP) is 3.14. The van der Waals surface area contributed by atoms with Gasteiger partial charge in [0.1, 0.15) is 5.60 Å². The number of nitrogens with one attached hydrogen (secondary N) is 1. The van der Waals surface area contributed by atoms with Gasteiger partial charge in [0, 0.05) is 25.3 Å². The van der Waals surface area contributed by atoms with Crippen molar-refractivity contribution in [1.29, 1.82) is 0 Å². The molecular formula is C20H28N2O3. The predicted molar refractivity (Wildman–Crippen MR) is 97.7 cm³/mol. The molecule has 1 amide bonds. The van der Waals surface area contributed by atoms with Gasteiger partial charge in [-0.3, -0.25) is 4.79 Å². The van der Waals surface area contributed by atoms with Crippen LogP contribution in [0.4, 0.5) is 5.69 Å². The minimum Gasteiger partial charge on any atom is -0.456 e. The number of carbonyl (C=O) groups is 2. The molecule has 5 nitrogen and oxygen atoms in total. The third kappa shape index (κ3) is 3.97. The molecule has 2 heterocycles. The van der Waals surface area contributed by atoms with Crippen molar-refractivity contribution in [2.45, 2.75) is 52.1 Å². The van der Waals surface area contributed by atoms with Crippen molar-refractivity contribution < 1.29 is 14.3 Å². The van der Waals surface area contributed by atoms with Crippen LogP contribution in [0.1, 0.15) is 56.8 Å². The van der Waals surface area contributed by atoms with E-state index >= 15 is 0 Å². The Morgan fingerprint density at radius 3 is 2.80 bits per heavy atom. The Bertz CT molecular complexity index is 665. The number of benzene rings is 1. The summed E-state index contributed by atoms with van der Waals surface area (Å²) in [5.74, 6) is -0.119. The molecule has 1 N–H and O–H groups in total. The second kappa shape index (κ2) is 6.70. The van der Waals surface area contributed by atoms with Gasteiger partial charge in [0.05, 0.1) is 11.0 Å². The summed E-state index contributed by atoms with van der Waals surface area (Å²) in [7, 11) is 0. The molecule has 2 aliphatic rings. The largest absolute Gasteiger partial charge is 0.456 e. The zero-order valence-corrected chi connectivity index (χ0v) is 15.4. The van der Waals surface area contributed by atoms with Gasteiger partial charge < -0.3 is 15.0 Å². The molecule has 1 aromatic rings. The lowest BCUT2D eigenvalue weighted by Crippen LogP contribution is -2.41. The van der Waals surface area contributed by atoms with Crippen molar-refractivity contribution in [2.75, 3.05) is 24.5 Å². The highest BCUT2D eigenvalue weighted by molar-refractivity contribution is 5.91. The van der Waals surface area contributed by atoms with Crippen LogP contribution >= 0.6 is 0 Å². The first-order valence-corrected chi connectivity index (χ1v) is 9.16. The first-order chi connectivity index (χ1) is 11.8. The molecule has 5 heteroatoms. The van der Waals surface area contributed by atoms with Gasteiger partial charge in [0.2, 0.25) is 5.91 Å². The van der Waals surface area contributed by atoms with Crippen molar-refractivity contribution >= 4 is 17.6 Å². The number of rotatable bonds is 2. The van der Waals surface area contributed by atoms with Gasteiger partial charge in [0.15, 0.2) is 0 Å². The van der Waals surface area contributed by atoms with Gasteiger partial charge >= 0.3 is 5.97 Å². The Morgan fingerprint density at radius 2 is 2.04 bits per heavy atom. The lowest BCUT2D eigenvalue weighted by Gasteiger charge is -2.27. The van der Waals surface area contributed by atoms with Crippen LogP contribution in [0.5, 0.6) is 0 Å². The molecule has 2 saturated heterocycles. The zero-order chi connectivity index (χ0) is 18.1. The zero-order valence-electron chi connectivity index (χ0n) is 15.4. The fourth-order valence-corrected chi connectivity index (χ4v) is 3.74. The maximum Gasteiger partial charge on any atom is 0.338 e. The normalized spacial score (nSPS) is 24.1. The number of anilines is 1. The van der Waals surface area contributed by atoms with E-state index in [1.54, 1.807) is 6.07 Å². The smallest absolute Gasteiger partial charge is 0.338 e. The highest BCUT2D eigenvalue weighted by atomic mass is 16.6. The number of esters is 1. The Labute approximate surface area is 149 Å². The van der Waals surface area contributed by atoms with E-state index < -0.39 is 5.60 Å². The van der Waals surface area contributed by atoms with Gasteiger partial charge in [-0.25, -0.2) is 4.79 Å². The molecule has 1 spiro atoms. The molecule has 3 rings (SSSR count). The summed E-state index contributed by atoms with van der Waals surface area (Å²) in [5, 5.41) is 3.06. The van der Waals surface area contributed by atoms with Crippen LogP contribution < -0.4 is 10.2 Å². The third-order valence-electron chi connectivity index (χ3n) is 5.05. The average Bonchev–Trinajstić information content (AvgIpc) is 2.90. The van der Waals surface area contributed by atoms with Crippen LogP contribution in [-0.2, 0) is 9.53 Å². The van der Waals surface area contributed by atoms with E-state index in [4.69, 9.17) is 4.74 Å². The highest BCUT2D eigenvalue weighted by Crippen LogP contribution is 2.39. The summed E-state index contributed by atoms with van der Waals surface area (Å²) >= 11 is 0. The summed E-state index contributed by atoms with van der Waals surface area (Å²) in [4.78, 5) is 27.1. The fourth-order valence-electron chi connectivity index (χ4n) is 3.74. The maximum absolute atomic E-state index is 12.5. The lowest BCUT2D eigenvalue weighted by atomic mass is 9.82. The van der Waals surface area contributed by atoms with Crippen LogP contribution in [-0.4, -0.2) is 37.1 Å². The van der Waals surface area contributed by atoms with E-state index in [2.05, 4.69) is 10.2 Å². The molecule has 136 valence electrons. The second-order valence-electron chi connectivity index (χ2n) is 8.22. The quantitative estimate of drug-likeness (QED) is 0.838. The third-order valence-corrected chi connectivity index (χ3v) is 5.05. The Balaban J connectivity index is 1.76. The maximum atomic E-state index is 12.5. The SMILES string of the molecule is CC(C)(C)OC(=O)c1cccc(N2CCC3(CCCCNC3=O)C2)c1. The van der Waals surface area contributed by atoms with Crippen molar-refractivity contribution in [3.05, 3.63) is 29.8 Å². The lowest BCUT2D eigenvalue weighted by molar-refractivity contribution is -0.129. The van der Waals surface area contributed by atoms with E-state index in [-0.39, 0.29) is 17.3 Å². The van der Waals surface area contributed by atoms with Crippen molar-refractivity contribution in [2.24, 2.45) is 5.41 Å². The standard InChI is InChI=1S/C20H28N2O3/c1-19(2,3)25-17(23)15-7-6-8-16(13-15)22-12-10-20(14-22)9-4-5-11-21-18(20)24/h6-8,13H,4-5,9-12,14H2,1-3H3,(H,21,24). The van der Waals surface area contributed by atoms with Gasteiger partial charge in [-0.15, -0.1) is 0 Å². The number of hydrogen-bond acceptors (Lipinski definition) is 4. The molecule has 0 aromatic heterocycles. The molecule has 25 heavy (non-hydrogen) atoms. The topological polar surface area (TPSA) is 58.6 Å². The minimum atomic E-state index is -0.511. The number of nitrogens with zero attached hydrogens (tertiary/aromatic N) is 1. The fraction of sp³-hybridized carbons (Fsp3) is 0.600. The van der Waals surface area contributed by atoms with Crippen molar-refractivity contribution in [3.8, 4) is 0 Å². The molecule has 2 fully saturated rings. The molecule has 0 aliphatic carbocycles. The van der Waals surface area contributed by atoms with Crippen LogP contribution in [0, 0.1) is 5.41 Å². The number of hydrogen-bond donors (Lipinski definition) is 1. The summed E-state index contributed by atoms with van der Waals surface area (Å²) in [6.45, 7) is 7.94. The van der Waals surface area contributed by atoms with Gasteiger partial charge in [-0.1, -0.05) is 12.5 Å². The summed E-state index contributed by atoms with van der Waals surface area (Å²) in [5.41, 5.74) is 0.748. The van der Waals surface area contributed by atoms with Crippen molar-refractivity contribution in [3.63, 3.8) is 0 Å². The van der Waals surface area contributed by atoms with Gasteiger partial charge in [0.25, 0.3) is 0 Å². The number of amides is 1. The van der Waals surface area contributed by atoms with Crippen LogP contribution in [0.25, 0.3) is 0 Å². The van der Waals surface area contributed by atoms with E-state index in [0.717, 1.165) is 51.0 Å². The van der Waals surface area contributed by atoms with Gasteiger partial charge in [-0.05, 0) is 58.2 Å². The van der Waals surface area contributed by atoms with Gasteiger partial charge in [-0.2, -0.15) is 0 Å². The Hall–Kier alpha value is -2.04. The molecule has 1 aromatic carbocycles.